The Kier molecular flexibility index (Phi) is 4.33. The molecule has 1 heterocycles. The lowest BCUT2D eigenvalue weighted by molar-refractivity contribution is 1.50. The fourth-order valence-corrected chi connectivity index (χ4v) is 5.02. The molecule has 1 nitrogen and oxygen atoms in total. The zero-order chi connectivity index (χ0) is 20.8. The van der Waals surface area contributed by atoms with Crippen molar-refractivity contribution in [1.82, 2.24) is 4.98 Å². The van der Waals surface area contributed by atoms with Crippen LogP contribution in [0, 0.1) is 0 Å². The number of hydrogen-bond donors (Lipinski definition) is 0. The van der Waals surface area contributed by atoms with Gasteiger partial charge in [0.2, 0.25) is 0 Å². The van der Waals surface area contributed by atoms with Crippen molar-refractivity contribution >= 4 is 48.5 Å². The van der Waals surface area contributed by atoms with E-state index >= 15 is 0 Å². The van der Waals surface area contributed by atoms with Crippen LogP contribution in [0.2, 0.25) is 0 Å². The van der Waals surface area contributed by atoms with Gasteiger partial charge < -0.3 is 0 Å². The minimum Gasteiger partial charge on any atom is -0.247 e. The number of rotatable bonds is 2. The largest absolute Gasteiger partial charge is 0.247 e. The van der Waals surface area contributed by atoms with E-state index in [2.05, 4.69) is 125 Å². The van der Waals surface area contributed by atoms with Crippen molar-refractivity contribution in [2.75, 3.05) is 0 Å². The average molecular weight is 460 g/mol. The molecule has 0 bridgehead atoms. The van der Waals surface area contributed by atoms with Crippen LogP contribution in [0.5, 0.6) is 0 Å². The zero-order valence-electron chi connectivity index (χ0n) is 16.7. The molecule has 0 saturated carbocycles. The van der Waals surface area contributed by atoms with Crippen LogP contribution >= 0.6 is 15.9 Å². The van der Waals surface area contributed by atoms with Gasteiger partial charge in [-0.05, 0) is 40.1 Å². The van der Waals surface area contributed by atoms with Crippen molar-refractivity contribution in [2.45, 2.75) is 0 Å². The SMILES string of the molecule is Brc1ccccc1-c1c2ccccc2c(-c2ccccc2)c2nc3ccccc3cc12. The van der Waals surface area contributed by atoms with E-state index in [0.717, 1.165) is 20.9 Å². The third-order valence-electron chi connectivity index (χ3n) is 5.90. The van der Waals surface area contributed by atoms with Gasteiger partial charge in [-0.15, -0.1) is 0 Å². The van der Waals surface area contributed by atoms with Crippen LogP contribution in [-0.2, 0) is 0 Å². The summed E-state index contributed by atoms with van der Waals surface area (Å²) in [6, 6.07) is 38.4. The van der Waals surface area contributed by atoms with Gasteiger partial charge in [0, 0.05) is 26.4 Å². The van der Waals surface area contributed by atoms with E-state index in [-0.39, 0.29) is 0 Å². The molecule has 2 heteroatoms. The van der Waals surface area contributed by atoms with E-state index in [1.165, 1.54) is 38.4 Å². The molecule has 0 N–H and O–H groups in total. The number of pyridine rings is 1. The van der Waals surface area contributed by atoms with Gasteiger partial charge in [-0.1, -0.05) is 107 Å². The molecule has 0 aliphatic heterocycles. The number of aromatic nitrogens is 1. The summed E-state index contributed by atoms with van der Waals surface area (Å²) in [7, 11) is 0. The second kappa shape index (κ2) is 7.33. The fraction of sp³-hybridized carbons (Fsp3) is 0. The van der Waals surface area contributed by atoms with Crippen LogP contribution in [0.15, 0.2) is 114 Å². The standard InChI is InChI=1S/C29H18BrN/c30-25-16-8-7-15-23(25)28-22-14-6-5-13-21(22)27(19-10-2-1-3-11-19)29-24(28)18-20-12-4-9-17-26(20)31-29/h1-18H. The van der Waals surface area contributed by atoms with E-state index in [1.54, 1.807) is 0 Å². The van der Waals surface area contributed by atoms with Gasteiger partial charge in [-0.3, -0.25) is 0 Å². The first-order valence-corrected chi connectivity index (χ1v) is 11.1. The topological polar surface area (TPSA) is 12.9 Å². The Bertz CT molecular complexity index is 1590. The molecule has 6 rings (SSSR count). The Balaban J connectivity index is 1.91. The van der Waals surface area contributed by atoms with Crippen molar-refractivity contribution in [3.8, 4) is 22.3 Å². The summed E-state index contributed by atoms with van der Waals surface area (Å²) < 4.78 is 1.09. The Morgan fingerprint density at radius 1 is 0.548 bits per heavy atom. The summed E-state index contributed by atoms with van der Waals surface area (Å²) in [5, 5.41) is 4.77. The molecule has 0 amide bonds. The van der Waals surface area contributed by atoms with E-state index in [0.29, 0.717) is 0 Å². The molecule has 0 atom stereocenters. The first kappa shape index (κ1) is 18.3. The number of hydrogen-bond acceptors (Lipinski definition) is 1. The van der Waals surface area contributed by atoms with Crippen LogP contribution in [0.1, 0.15) is 0 Å². The maximum Gasteiger partial charge on any atom is 0.0800 e. The Labute approximate surface area is 189 Å². The Hall–Kier alpha value is -3.49. The van der Waals surface area contributed by atoms with Gasteiger partial charge in [0.25, 0.3) is 0 Å². The number of nitrogens with zero attached hydrogens (tertiary/aromatic N) is 1. The van der Waals surface area contributed by atoms with Crippen LogP contribution in [0.3, 0.4) is 0 Å². The lowest BCUT2D eigenvalue weighted by atomic mass is 9.87. The second-order valence-electron chi connectivity index (χ2n) is 7.72. The van der Waals surface area contributed by atoms with Gasteiger partial charge in [-0.2, -0.15) is 0 Å². The van der Waals surface area contributed by atoms with Crippen LogP contribution in [0.4, 0.5) is 0 Å². The van der Waals surface area contributed by atoms with Crippen LogP contribution < -0.4 is 0 Å². The van der Waals surface area contributed by atoms with E-state index in [4.69, 9.17) is 4.98 Å². The maximum atomic E-state index is 5.20. The zero-order valence-corrected chi connectivity index (χ0v) is 18.3. The summed E-state index contributed by atoms with van der Waals surface area (Å²) in [4.78, 5) is 5.20. The number of halogens is 1. The predicted molar refractivity (Wildman–Crippen MR) is 135 cm³/mol. The predicted octanol–water partition coefficient (Wildman–Crippen LogP) is 8.64. The third kappa shape index (κ3) is 2.95. The van der Waals surface area contributed by atoms with Gasteiger partial charge >= 0.3 is 0 Å². The van der Waals surface area contributed by atoms with Crippen molar-refractivity contribution in [2.24, 2.45) is 0 Å². The van der Waals surface area contributed by atoms with Crippen molar-refractivity contribution in [3.63, 3.8) is 0 Å². The molecule has 31 heavy (non-hydrogen) atoms. The molecular weight excluding hydrogens is 442 g/mol. The summed E-state index contributed by atoms with van der Waals surface area (Å²) in [6.07, 6.45) is 0. The van der Waals surface area contributed by atoms with Crippen molar-refractivity contribution in [1.29, 1.82) is 0 Å². The van der Waals surface area contributed by atoms with Gasteiger partial charge in [0.15, 0.2) is 0 Å². The van der Waals surface area contributed by atoms with E-state index in [1.807, 2.05) is 0 Å². The number of para-hydroxylation sites is 1. The molecule has 0 fully saturated rings. The highest BCUT2D eigenvalue weighted by atomic mass is 79.9. The molecule has 5 aromatic carbocycles. The monoisotopic (exact) mass is 459 g/mol. The summed E-state index contributed by atoms with van der Waals surface area (Å²) >= 11 is 3.80. The molecule has 0 aliphatic carbocycles. The van der Waals surface area contributed by atoms with Gasteiger partial charge in [0.1, 0.15) is 0 Å². The summed E-state index contributed by atoms with van der Waals surface area (Å²) in [5.41, 5.74) is 6.82. The summed E-state index contributed by atoms with van der Waals surface area (Å²) in [6.45, 7) is 0. The number of fused-ring (bicyclic) bond motifs is 3. The van der Waals surface area contributed by atoms with Crippen molar-refractivity contribution < 1.29 is 0 Å². The minimum absolute atomic E-state index is 1.01. The van der Waals surface area contributed by atoms with E-state index in [9.17, 15) is 0 Å². The Morgan fingerprint density at radius 3 is 2.00 bits per heavy atom. The van der Waals surface area contributed by atoms with Crippen LogP contribution in [-0.4, -0.2) is 4.98 Å². The third-order valence-corrected chi connectivity index (χ3v) is 6.59. The fourth-order valence-electron chi connectivity index (χ4n) is 4.54. The lowest BCUT2D eigenvalue weighted by Crippen LogP contribution is -1.94. The van der Waals surface area contributed by atoms with E-state index < -0.39 is 0 Å². The highest BCUT2D eigenvalue weighted by Crippen LogP contribution is 2.45. The first-order chi connectivity index (χ1) is 15.3. The molecule has 0 unspecified atom stereocenters. The quantitative estimate of drug-likeness (QED) is 0.236. The van der Waals surface area contributed by atoms with Crippen molar-refractivity contribution in [3.05, 3.63) is 114 Å². The maximum absolute atomic E-state index is 5.20. The molecule has 1 aromatic heterocycles. The Morgan fingerprint density at radius 2 is 1.19 bits per heavy atom. The molecule has 6 aromatic rings. The molecule has 0 radical (unpaired) electrons. The first-order valence-electron chi connectivity index (χ1n) is 10.4. The minimum atomic E-state index is 1.01. The normalized spacial score (nSPS) is 11.4. The molecule has 0 aliphatic rings. The van der Waals surface area contributed by atoms with Crippen LogP contribution in [0.25, 0.3) is 54.8 Å². The molecule has 146 valence electrons. The molecule has 0 spiro atoms. The number of benzene rings is 5. The second-order valence-corrected chi connectivity index (χ2v) is 8.57. The summed E-state index contributed by atoms with van der Waals surface area (Å²) in [5.74, 6) is 0. The highest BCUT2D eigenvalue weighted by Gasteiger charge is 2.19. The average Bonchev–Trinajstić information content (AvgIpc) is 2.82. The molecule has 0 saturated heterocycles. The van der Waals surface area contributed by atoms with Gasteiger partial charge in [-0.25, -0.2) is 4.98 Å². The molecular formula is C29H18BrN. The smallest absolute Gasteiger partial charge is 0.0800 e. The lowest BCUT2D eigenvalue weighted by Gasteiger charge is -2.18. The van der Waals surface area contributed by atoms with Gasteiger partial charge in [0.05, 0.1) is 11.0 Å². The highest BCUT2D eigenvalue weighted by molar-refractivity contribution is 9.10.